The summed E-state index contributed by atoms with van der Waals surface area (Å²) in [7, 11) is 3.83. The minimum Gasteiger partial charge on any atom is -0.476 e. The summed E-state index contributed by atoms with van der Waals surface area (Å²) in [5.41, 5.74) is 2.48. The molecule has 3 aromatic heterocycles. The van der Waals surface area contributed by atoms with Crippen LogP contribution in [0.4, 0.5) is 5.82 Å². The molecule has 0 fully saturated rings. The Kier molecular flexibility index (Phi) is 3.73. The first-order chi connectivity index (χ1) is 10.8. The topological polar surface area (TPSA) is 75.7 Å². The molecular formula is C15H16ClN5O2. The number of hydrogen-bond donors (Lipinski definition) is 1. The van der Waals surface area contributed by atoms with Crippen molar-refractivity contribution in [3.63, 3.8) is 0 Å². The number of aryl methyl sites for hydroxylation is 1. The van der Waals surface area contributed by atoms with Crippen LogP contribution in [-0.2, 0) is 6.54 Å². The van der Waals surface area contributed by atoms with Gasteiger partial charge in [0.1, 0.15) is 0 Å². The van der Waals surface area contributed by atoms with E-state index in [4.69, 9.17) is 16.7 Å². The van der Waals surface area contributed by atoms with Gasteiger partial charge < -0.3 is 10.0 Å². The van der Waals surface area contributed by atoms with Gasteiger partial charge in [0, 0.05) is 30.9 Å². The monoisotopic (exact) mass is 333 g/mol. The summed E-state index contributed by atoms with van der Waals surface area (Å²) in [5, 5.41) is 18.3. The van der Waals surface area contributed by atoms with Crippen molar-refractivity contribution >= 4 is 28.9 Å². The van der Waals surface area contributed by atoms with E-state index < -0.39 is 5.97 Å². The highest BCUT2D eigenvalue weighted by molar-refractivity contribution is 6.31. The van der Waals surface area contributed by atoms with Gasteiger partial charge in [0.25, 0.3) is 0 Å². The predicted molar refractivity (Wildman–Crippen MR) is 87.6 cm³/mol. The van der Waals surface area contributed by atoms with Gasteiger partial charge in [0.2, 0.25) is 0 Å². The molecule has 0 amide bonds. The third-order valence-corrected chi connectivity index (χ3v) is 3.77. The average Bonchev–Trinajstić information content (AvgIpc) is 3.03. The Morgan fingerprint density at radius 3 is 2.61 bits per heavy atom. The lowest BCUT2D eigenvalue weighted by Crippen LogP contribution is -2.11. The number of nitrogens with zero attached hydrogens (tertiary/aromatic N) is 5. The third-order valence-electron chi connectivity index (χ3n) is 3.56. The molecule has 0 saturated carbocycles. The summed E-state index contributed by atoms with van der Waals surface area (Å²) in [6.07, 6.45) is 0. The molecule has 0 aliphatic heterocycles. The second-order valence-electron chi connectivity index (χ2n) is 5.53. The number of halogens is 1. The first kappa shape index (κ1) is 15.4. The fourth-order valence-corrected chi connectivity index (χ4v) is 2.62. The molecule has 3 heterocycles. The van der Waals surface area contributed by atoms with Gasteiger partial charge in [-0.25, -0.2) is 9.31 Å². The van der Waals surface area contributed by atoms with Crippen molar-refractivity contribution < 1.29 is 9.90 Å². The SMILES string of the molecule is Cc1cc(C(=O)O)nn1Cc1cc(Cl)cc2cc(N(C)C)nn12. The van der Waals surface area contributed by atoms with Crippen LogP contribution in [0.3, 0.4) is 0 Å². The lowest BCUT2D eigenvalue weighted by atomic mass is 10.3. The summed E-state index contributed by atoms with van der Waals surface area (Å²) < 4.78 is 3.42. The van der Waals surface area contributed by atoms with Crippen LogP contribution in [0.1, 0.15) is 21.9 Å². The van der Waals surface area contributed by atoms with Gasteiger partial charge >= 0.3 is 5.97 Å². The van der Waals surface area contributed by atoms with Gasteiger partial charge in [-0.05, 0) is 25.1 Å². The molecule has 120 valence electrons. The quantitative estimate of drug-likeness (QED) is 0.793. The predicted octanol–water partition coefficient (Wildman–Crippen LogP) is 2.31. The van der Waals surface area contributed by atoms with Gasteiger partial charge in [0.05, 0.1) is 17.8 Å². The van der Waals surface area contributed by atoms with Crippen LogP contribution in [0.25, 0.3) is 5.52 Å². The van der Waals surface area contributed by atoms with Gasteiger partial charge in [-0.3, -0.25) is 4.68 Å². The van der Waals surface area contributed by atoms with Gasteiger partial charge in [-0.1, -0.05) is 11.6 Å². The Morgan fingerprint density at radius 2 is 2.00 bits per heavy atom. The number of hydrogen-bond acceptors (Lipinski definition) is 4. The van der Waals surface area contributed by atoms with Crippen molar-refractivity contribution in [3.05, 3.63) is 46.4 Å². The number of carboxylic acid groups (broad SMARTS) is 1. The molecule has 3 rings (SSSR count). The Labute approximate surface area is 137 Å². The summed E-state index contributed by atoms with van der Waals surface area (Å²) in [6.45, 7) is 2.19. The first-order valence-electron chi connectivity index (χ1n) is 6.98. The molecule has 0 aromatic carbocycles. The molecule has 7 nitrogen and oxygen atoms in total. The number of aromatic nitrogens is 4. The number of anilines is 1. The zero-order valence-electron chi connectivity index (χ0n) is 13.0. The van der Waals surface area contributed by atoms with E-state index in [9.17, 15) is 4.79 Å². The van der Waals surface area contributed by atoms with E-state index in [1.54, 1.807) is 15.3 Å². The van der Waals surface area contributed by atoms with E-state index in [0.717, 1.165) is 22.7 Å². The van der Waals surface area contributed by atoms with Crippen LogP contribution in [-0.4, -0.2) is 44.6 Å². The zero-order chi connectivity index (χ0) is 16.7. The number of pyridine rings is 1. The standard InChI is InChI=1S/C15H16ClN5O2/c1-9-4-13(15(22)23)17-20(9)8-12-6-10(16)5-11-7-14(19(2)3)18-21(11)12/h4-7H,8H2,1-3H3,(H,22,23). The van der Waals surface area contributed by atoms with Gasteiger partial charge in [-0.15, -0.1) is 5.10 Å². The number of aromatic carboxylic acids is 1. The van der Waals surface area contributed by atoms with Crippen LogP contribution in [0.2, 0.25) is 5.02 Å². The molecule has 0 radical (unpaired) electrons. The molecule has 0 aliphatic rings. The van der Waals surface area contributed by atoms with Crippen molar-refractivity contribution in [2.45, 2.75) is 13.5 Å². The highest BCUT2D eigenvalue weighted by Crippen LogP contribution is 2.21. The fourth-order valence-electron chi connectivity index (χ4n) is 2.38. The Morgan fingerprint density at radius 1 is 1.26 bits per heavy atom. The van der Waals surface area contributed by atoms with Crippen LogP contribution >= 0.6 is 11.6 Å². The Hall–Kier alpha value is -2.54. The smallest absolute Gasteiger partial charge is 0.356 e. The minimum absolute atomic E-state index is 0.0233. The largest absolute Gasteiger partial charge is 0.476 e. The first-order valence-corrected chi connectivity index (χ1v) is 7.36. The van der Waals surface area contributed by atoms with E-state index in [1.165, 1.54) is 0 Å². The van der Waals surface area contributed by atoms with Crippen LogP contribution < -0.4 is 4.90 Å². The van der Waals surface area contributed by atoms with Crippen molar-refractivity contribution in [2.75, 3.05) is 19.0 Å². The minimum atomic E-state index is -1.04. The summed E-state index contributed by atoms with van der Waals surface area (Å²) in [4.78, 5) is 13.0. The summed E-state index contributed by atoms with van der Waals surface area (Å²) >= 11 is 6.20. The van der Waals surface area contributed by atoms with Crippen LogP contribution in [0.5, 0.6) is 0 Å². The molecule has 0 spiro atoms. The molecule has 23 heavy (non-hydrogen) atoms. The molecule has 0 atom stereocenters. The zero-order valence-corrected chi connectivity index (χ0v) is 13.7. The highest BCUT2D eigenvalue weighted by Gasteiger charge is 2.14. The highest BCUT2D eigenvalue weighted by atomic mass is 35.5. The van der Waals surface area contributed by atoms with Crippen molar-refractivity contribution in [1.29, 1.82) is 0 Å². The summed E-state index contributed by atoms with van der Waals surface area (Å²) in [5.74, 6) is -0.228. The van der Waals surface area contributed by atoms with Crippen molar-refractivity contribution in [3.8, 4) is 0 Å². The molecule has 3 aromatic rings. The Bertz CT molecular complexity index is 897. The number of rotatable bonds is 4. The third kappa shape index (κ3) is 2.87. The maximum atomic E-state index is 11.0. The molecule has 0 unspecified atom stereocenters. The van der Waals surface area contributed by atoms with E-state index in [0.29, 0.717) is 11.6 Å². The lowest BCUT2D eigenvalue weighted by molar-refractivity contribution is 0.0689. The lowest BCUT2D eigenvalue weighted by Gasteiger charge is -2.08. The normalized spacial score (nSPS) is 11.1. The molecule has 0 bridgehead atoms. The van der Waals surface area contributed by atoms with Gasteiger partial charge in [-0.2, -0.15) is 5.10 Å². The molecular weight excluding hydrogens is 318 g/mol. The average molecular weight is 334 g/mol. The number of fused-ring (bicyclic) bond motifs is 1. The fraction of sp³-hybridized carbons (Fsp3) is 0.267. The second kappa shape index (κ2) is 5.58. The van der Waals surface area contributed by atoms with Crippen molar-refractivity contribution in [1.82, 2.24) is 19.4 Å². The molecule has 8 heteroatoms. The second-order valence-corrected chi connectivity index (χ2v) is 5.97. The van der Waals surface area contributed by atoms with E-state index in [2.05, 4.69) is 10.2 Å². The molecule has 0 saturated heterocycles. The summed E-state index contributed by atoms with van der Waals surface area (Å²) in [6, 6.07) is 7.12. The number of carboxylic acids is 1. The molecule has 1 N–H and O–H groups in total. The van der Waals surface area contributed by atoms with Crippen molar-refractivity contribution in [2.24, 2.45) is 0 Å². The maximum Gasteiger partial charge on any atom is 0.356 e. The van der Waals surface area contributed by atoms with Gasteiger partial charge in [0.15, 0.2) is 11.5 Å². The number of carbonyl (C=O) groups is 1. The molecule has 0 aliphatic carbocycles. The van der Waals surface area contributed by atoms with E-state index in [-0.39, 0.29) is 5.69 Å². The van der Waals surface area contributed by atoms with E-state index in [1.807, 2.05) is 44.1 Å². The van der Waals surface area contributed by atoms with Crippen LogP contribution in [0.15, 0.2) is 24.3 Å². The Balaban J connectivity index is 2.07. The van der Waals surface area contributed by atoms with Crippen LogP contribution in [0, 0.1) is 6.92 Å². The maximum absolute atomic E-state index is 11.0. The van der Waals surface area contributed by atoms with E-state index >= 15 is 0 Å².